The number of rotatable bonds is 2. The number of esters is 1. The van der Waals surface area contributed by atoms with E-state index in [-0.39, 0.29) is 23.7 Å². The zero-order valence-electron chi connectivity index (χ0n) is 15.2. The Kier molecular flexibility index (Phi) is 3.56. The van der Waals surface area contributed by atoms with Crippen LogP contribution in [0.5, 0.6) is 17.2 Å². The van der Waals surface area contributed by atoms with Crippen molar-refractivity contribution < 1.29 is 30.0 Å². The van der Waals surface area contributed by atoms with Gasteiger partial charge < -0.3 is 25.2 Å². The van der Waals surface area contributed by atoms with Gasteiger partial charge in [-0.15, -0.1) is 0 Å². The van der Waals surface area contributed by atoms with Crippen LogP contribution < -0.4 is 4.74 Å². The lowest BCUT2D eigenvalue weighted by molar-refractivity contribution is -0.157. The van der Waals surface area contributed by atoms with Gasteiger partial charge in [0.1, 0.15) is 17.0 Å². The van der Waals surface area contributed by atoms with Gasteiger partial charge in [0.05, 0.1) is 5.92 Å². The lowest BCUT2D eigenvalue weighted by Gasteiger charge is -2.53. The van der Waals surface area contributed by atoms with Gasteiger partial charge in [-0.05, 0) is 46.5 Å². The van der Waals surface area contributed by atoms with Crippen LogP contribution in [0.15, 0.2) is 66.7 Å². The van der Waals surface area contributed by atoms with Gasteiger partial charge >= 0.3 is 5.97 Å². The molecule has 3 unspecified atom stereocenters. The predicted octanol–water partition coefficient (Wildman–Crippen LogP) is 2.51. The number of fused-ring (bicyclic) bond motifs is 1. The summed E-state index contributed by atoms with van der Waals surface area (Å²) in [5, 5.41) is 43.4. The van der Waals surface area contributed by atoms with Gasteiger partial charge in [-0.25, -0.2) is 0 Å². The van der Waals surface area contributed by atoms with Crippen molar-refractivity contribution in [3.05, 3.63) is 89.0 Å². The number of para-hydroxylation sites is 2. The summed E-state index contributed by atoms with van der Waals surface area (Å²) in [4.78, 5) is 13.1. The van der Waals surface area contributed by atoms with Crippen LogP contribution in [-0.4, -0.2) is 26.4 Å². The van der Waals surface area contributed by atoms with Gasteiger partial charge in [-0.3, -0.25) is 4.79 Å². The monoisotopic (exact) mass is 390 g/mol. The molecule has 0 saturated carbocycles. The average molecular weight is 390 g/mol. The van der Waals surface area contributed by atoms with Crippen LogP contribution in [0.2, 0.25) is 0 Å². The van der Waals surface area contributed by atoms with Gasteiger partial charge in [0.15, 0.2) is 11.5 Å². The minimum Gasteiger partial charge on any atom is -0.508 e. The van der Waals surface area contributed by atoms with E-state index in [9.17, 15) is 25.2 Å². The molecule has 146 valence electrons. The molecule has 3 aromatic carbocycles. The second kappa shape index (κ2) is 5.83. The van der Waals surface area contributed by atoms with Gasteiger partial charge in [0, 0.05) is 6.42 Å². The fourth-order valence-electron chi connectivity index (χ4n) is 4.69. The fourth-order valence-corrected chi connectivity index (χ4v) is 4.69. The minimum absolute atomic E-state index is 0.0197. The number of phenols is 2. The highest BCUT2D eigenvalue weighted by Crippen LogP contribution is 2.60. The Balaban J connectivity index is 1.68. The average Bonchev–Trinajstić information content (AvgIpc) is 2.71. The number of benzene rings is 3. The summed E-state index contributed by atoms with van der Waals surface area (Å²) in [5.74, 6) is -2.13. The zero-order valence-corrected chi connectivity index (χ0v) is 15.2. The van der Waals surface area contributed by atoms with Crippen molar-refractivity contribution in [1.82, 2.24) is 0 Å². The molecule has 3 aromatic rings. The molecule has 0 heterocycles. The molecule has 3 aliphatic carbocycles. The number of carbonyl (C=O) groups excluding carboxylic acids is 1. The van der Waals surface area contributed by atoms with E-state index in [4.69, 9.17) is 4.74 Å². The third-order valence-corrected chi connectivity index (χ3v) is 6.01. The van der Waals surface area contributed by atoms with Crippen molar-refractivity contribution in [2.45, 2.75) is 17.6 Å². The maximum atomic E-state index is 13.1. The number of hydrogen-bond donors (Lipinski definition) is 4. The van der Waals surface area contributed by atoms with Crippen molar-refractivity contribution in [2.24, 2.45) is 5.92 Å². The second-order valence-electron chi connectivity index (χ2n) is 7.55. The molecule has 6 heteroatoms. The molecule has 0 aromatic heterocycles. The Morgan fingerprint density at radius 3 is 2.28 bits per heavy atom. The summed E-state index contributed by atoms with van der Waals surface area (Å²) < 4.78 is 5.39. The summed E-state index contributed by atoms with van der Waals surface area (Å²) in [6.07, 6.45) is -0.122. The second-order valence-corrected chi connectivity index (χ2v) is 7.55. The molecule has 29 heavy (non-hydrogen) atoms. The van der Waals surface area contributed by atoms with Crippen molar-refractivity contribution in [3.8, 4) is 17.2 Å². The van der Waals surface area contributed by atoms with E-state index >= 15 is 0 Å². The zero-order chi connectivity index (χ0) is 20.4. The Morgan fingerprint density at radius 1 is 0.862 bits per heavy atom. The Hall–Kier alpha value is -3.35. The van der Waals surface area contributed by atoms with E-state index < -0.39 is 23.1 Å². The van der Waals surface area contributed by atoms with Gasteiger partial charge in [-0.1, -0.05) is 42.5 Å². The highest BCUT2D eigenvalue weighted by atomic mass is 16.5. The predicted molar refractivity (Wildman–Crippen MR) is 102 cm³/mol. The van der Waals surface area contributed by atoms with Crippen molar-refractivity contribution in [3.63, 3.8) is 0 Å². The molecule has 3 atom stereocenters. The van der Waals surface area contributed by atoms with E-state index in [2.05, 4.69) is 0 Å². The molecule has 4 N–H and O–H groups in total. The molecule has 2 bridgehead atoms. The number of carbonyl (C=O) groups is 1. The third kappa shape index (κ3) is 2.27. The van der Waals surface area contributed by atoms with Crippen LogP contribution in [0.4, 0.5) is 0 Å². The van der Waals surface area contributed by atoms with E-state index in [1.54, 1.807) is 36.4 Å². The number of aromatic hydroxyl groups is 2. The quantitative estimate of drug-likeness (QED) is 0.396. The topological polar surface area (TPSA) is 107 Å². The highest BCUT2D eigenvalue weighted by molar-refractivity contribution is 5.81. The van der Waals surface area contributed by atoms with Crippen molar-refractivity contribution in [1.29, 1.82) is 0 Å². The lowest BCUT2D eigenvalue weighted by atomic mass is 9.54. The van der Waals surface area contributed by atoms with Crippen LogP contribution in [0.3, 0.4) is 0 Å². The van der Waals surface area contributed by atoms with Gasteiger partial charge in [0.2, 0.25) is 0 Å². The van der Waals surface area contributed by atoms with Crippen LogP contribution in [0.25, 0.3) is 0 Å². The summed E-state index contributed by atoms with van der Waals surface area (Å²) in [6, 6.07) is 17.3. The summed E-state index contributed by atoms with van der Waals surface area (Å²) in [7, 11) is 0. The summed E-state index contributed by atoms with van der Waals surface area (Å²) in [5.41, 5.74) is -1.69. The smallest absolute Gasteiger partial charge is 0.318 e. The van der Waals surface area contributed by atoms with E-state index in [1.807, 2.05) is 0 Å². The molecule has 3 aliphatic rings. The fraction of sp³-hybridized carbons (Fsp3) is 0.174. The Morgan fingerprint density at radius 2 is 1.52 bits per heavy atom. The van der Waals surface area contributed by atoms with Crippen LogP contribution in [0, 0.1) is 5.92 Å². The maximum Gasteiger partial charge on any atom is 0.318 e. The molecule has 6 rings (SSSR count). The van der Waals surface area contributed by atoms with E-state index in [1.165, 1.54) is 30.3 Å². The SMILES string of the molecule is O=C(Oc1ccccc1O)C1CC2(O)c3ccccc3C1(O)c1ccc(O)cc12. The van der Waals surface area contributed by atoms with Crippen molar-refractivity contribution >= 4 is 5.97 Å². The highest BCUT2D eigenvalue weighted by Gasteiger charge is 2.62. The van der Waals surface area contributed by atoms with Gasteiger partial charge in [-0.2, -0.15) is 0 Å². The van der Waals surface area contributed by atoms with Crippen LogP contribution in [-0.2, 0) is 16.0 Å². The maximum absolute atomic E-state index is 13.1. The van der Waals surface area contributed by atoms with Crippen LogP contribution in [0.1, 0.15) is 28.7 Å². The first-order valence-corrected chi connectivity index (χ1v) is 9.24. The number of ether oxygens (including phenoxy) is 1. The van der Waals surface area contributed by atoms with Gasteiger partial charge in [0.25, 0.3) is 0 Å². The molecule has 0 amide bonds. The van der Waals surface area contributed by atoms with E-state index in [0.717, 1.165) is 0 Å². The molecule has 0 spiro atoms. The molecule has 0 aliphatic heterocycles. The Labute approximate surface area is 166 Å². The summed E-state index contributed by atoms with van der Waals surface area (Å²) in [6.45, 7) is 0. The first-order chi connectivity index (χ1) is 13.9. The molecular weight excluding hydrogens is 372 g/mol. The normalized spacial score (nSPS) is 26.5. The third-order valence-electron chi connectivity index (χ3n) is 6.01. The molecule has 0 fully saturated rings. The number of hydrogen-bond acceptors (Lipinski definition) is 6. The van der Waals surface area contributed by atoms with Crippen molar-refractivity contribution in [2.75, 3.05) is 0 Å². The number of phenolic OH excluding ortho intramolecular Hbond substituents is 2. The molecule has 0 saturated heterocycles. The standard InChI is InChI=1S/C23H18O6/c24-13-9-10-16-17(11-13)22(27)12-18(21(26)29-20-8-4-3-7-19(20)25)23(16,28)15-6-2-1-5-14(15)22/h1-11,18,24-25,27-28H,12H2. The minimum atomic E-state index is -1.74. The first-order valence-electron chi connectivity index (χ1n) is 9.24. The molecule has 0 radical (unpaired) electrons. The summed E-state index contributed by atoms with van der Waals surface area (Å²) >= 11 is 0. The number of aliphatic hydroxyl groups is 2. The molecule has 6 nitrogen and oxygen atoms in total. The Bertz CT molecular complexity index is 1160. The van der Waals surface area contributed by atoms with Crippen LogP contribution >= 0.6 is 0 Å². The largest absolute Gasteiger partial charge is 0.508 e. The lowest BCUT2D eigenvalue weighted by Crippen LogP contribution is -2.57. The van der Waals surface area contributed by atoms with E-state index in [0.29, 0.717) is 22.3 Å². The first kappa shape index (κ1) is 17.7. The molecular formula is C23H18O6.